The number of fused-ring (bicyclic) bond motifs is 2. The van der Waals surface area contributed by atoms with Crippen LogP contribution in [0.5, 0.6) is 0 Å². The van der Waals surface area contributed by atoms with Crippen molar-refractivity contribution in [1.82, 2.24) is 24.3 Å². The lowest BCUT2D eigenvalue weighted by Gasteiger charge is -2.26. The van der Waals surface area contributed by atoms with E-state index in [-0.39, 0.29) is 18.0 Å². The smallest absolute Gasteiger partial charge is 0.261 e. The normalized spacial score (nSPS) is 14.0. The molecule has 2 aromatic heterocycles. The van der Waals surface area contributed by atoms with Gasteiger partial charge in [-0.15, -0.1) is 0 Å². The number of aryl methyl sites for hydroxylation is 1. The Morgan fingerprint density at radius 2 is 2.12 bits per heavy atom. The molecule has 122 valence electrons. The van der Waals surface area contributed by atoms with Crippen molar-refractivity contribution in [3.05, 3.63) is 45.7 Å². The van der Waals surface area contributed by atoms with Crippen molar-refractivity contribution < 1.29 is 4.79 Å². The van der Waals surface area contributed by atoms with Crippen molar-refractivity contribution in [2.75, 3.05) is 11.4 Å². The molecule has 0 unspecified atom stereocenters. The highest BCUT2D eigenvalue weighted by atomic mass is 79.9. The molecule has 24 heavy (non-hydrogen) atoms. The van der Waals surface area contributed by atoms with Crippen LogP contribution in [0.15, 0.2) is 40.1 Å². The molecule has 0 aliphatic carbocycles. The lowest BCUT2D eigenvalue weighted by Crippen LogP contribution is -2.41. The Bertz CT molecular complexity index is 995. The van der Waals surface area contributed by atoms with Gasteiger partial charge in [0, 0.05) is 17.6 Å². The van der Waals surface area contributed by atoms with E-state index in [0.29, 0.717) is 23.4 Å². The molecule has 1 amide bonds. The fourth-order valence-corrected chi connectivity index (χ4v) is 3.18. The average Bonchev–Trinajstić information content (AvgIpc) is 3.06. The van der Waals surface area contributed by atoms with Crippen LogP contribution in [0.1, 0.15) is 6.42 Å². The molecule has 0 radical (unpaired) electrons. The summed E-state index contributed by atoms with van der Waals surface area (Å²) in [6, 6.07) is 5.30. The van der Waals surface area contributed by atoms with Gasteiger partial charge >= 0.3 is 0 Å². The van der Waals surface area contributed by atoms with Crippen LogP contribution in [-0.2, 0) is 17.9 Å². The molecule has 0 spiro atoms. The van der Waals surface area contributed by atoms with Gasteiger partial charge in [-0.1, -0.05) is 15.9 Å². The average molecular weight is 389 g/mol. The van der Waals surface area contributed by atoms with Crippen LogP contribution >= 0.6 is 15.9 Å². The Kier molecular flexibility index (Phi) is 3.64. The van der Waals surface area contributed by atoms with Gasteiger partial charge < -0.3 is 0 Å². The number of anilines is 1. The number of carbonyl (C=O) groups excluding carboxylic acids is 1. The van der Waals surface area contributed by atoms with Crippen LogP contribution in [-0.4, -0.2) is 36.8 Å². The second kappa shape index (κ2) is 5.82. The molecule has 1 aromatic carbocycles. The summed E-state index contributed by atoms with van der Waals surface area (Å²) >= 11 is 3.35. The van der Waals surface area contributed by atoms with E-state index in [1.54, 1.807) is 21.7 Å². The highest BCUT2D eigenvalue weighted by Gasteiger charge is 2.25. The molecular weight excluding hydrogens is 376 g/mol. The molecule has 0 N–H and O–H groups in total. The Balaban J connectivity index is 1.67. The first-order valence-electron chi connectivity index (χ1n) is 7.46. The van der Waals surface area contributed by atoms with E-state index >= 15 is 0 Å². The predicted octanol–water partition coefficient (Wildman–Crippen LogP) is 1.19. The van der Waals surface area contributed by atoms with Crippen molar-refractivity contribution in [2.45, 2.75) is 19.5 Å². The van der Waals surface area contributed by atoms with Gasteiger partial charge in [0.2, 0.25) is 11.9 Å². The van der Waals surface area contributed by atoms with Gasteiger partial charge in [0.15, 0.2) is 0 Å². The van der Waals surface area contributed by atoms with Gasteiger partial charge in [0.25, 0.3) is 5.56 Å². The molecule has 4 rings (SSSR count). The number of nitrogens with zero attached hydrogens (tertiary/aromatic N) is 6. The molecule has 0 fully saturated rings. The van der Waals surface area contributed by atoms with Crippen LogP contribution in [0.2, 0.25) is 0 Å². The van der Waals surface area contributed by atoms with E-state index in [4.69, 9.17) is 0 Å². The number of halogens is 1. The molecule has 0 saturated carbocycles. The van der Waals surface area contributed by atoms with Gasteiger partial charge in [-0.05, 0) is 24.6 Å². The summed E-state index contributed by atoms with van der Waals surface area (Å²) in [4.78, 5) is 35.2. The maximum absolute atomic E-state index is 12.6. The van der Waals surface area contributed by atoms with E-state index in [0.717, 1.165) is 17.4 Å². The minimum Gasteiger partial charge on any atom is -0.289 e. The van der Waals surface area contributed by atoms with E-state index in [1.807, 2.05) is 6.07 Å². The summed E-state index contributed by atoms with van der Waals surface area (Å²) in [5.41, 5.74) is 0.359. The molecule has 3 aromatic rings. The molecule has 8 nitrogen and oxygen atoms in total. The van der Waals surface area contributed by atoms with Crippen LogP contribution < -0.4 is 10.5 Å². The molecule has 1 aliphatic heterocycles. The second-order valence-electron chi connectivity index (χ2n) is 5.52. The van der Waals surface area contributed by atoms with Gasteiger partial charge in [-0.25, -0.2) is 9.67 Å². The van der Waals surface area contributed by atoms with Crippen molar-refractivity contribution in [3.63, 3.8) is 0 Å². The first kappa shape index (κ1) is 15.0. The number of rotatable bonds is 2. The van der Waals surface area contributed by atoms with Gasteiger partial charge in [-0.3, -0.25) is 19.1 Å². The van der Waals surface area contributed by atoms with E-state index < -0.39 is 0 Å². The van der Waals surface area contributed by atoms with E-state index in [9.17, 15) is 9.59 Å². The number of aromatic nitrogens is 5. The maximum atomic E-state index is 12.6. The topological polar surface area (TPSA) is 85.9 Å². The van der Waals surface area contributed by atoms with Gasteiger partial charge in [0.05, 0.1) is 17.2 Å². The number of carbonyl (C=O) groups is 1. The zero-order valence-corrected chi connectivity index (χ0v) is 14.2. The standard InChI is InChI=1S/C15H13BrN6O2/c16-10-2-3-12-11(6-10)14(24)20(9-18-12)7-13(23)21-4-1-5-22-15(21)17-8-19-22/h2-3,6,8-9H,1,4-5,7H2. The van der Waals surface area contributed by atoms with Crippen molar-refractivity contribution >= 4 is 38.7 Å². The maximum Gasteiger partial charge on any atom is 0.261 e. The number of hydrogen-bond acceptors (Lipinski definition) is 5. The number of benzene rings is 1. The van der Waals surface area contributed by atoms with Crippen molar-refractivity contribution in [1.29, 1.82) is 0 Å². The second-order valence-corrected chi connectivity index (χ2v) is 6.44. The summed E-state index contributed by atoms with van der Waals surface area (Å²) in [5, 5.41) is 4.56. The fraction of sp³-hybridized carbons (Fsp3) is 0.267. The molecule has 0 bridgehead atoms. The van der Waals surface area contributed by atoms with Crippen LogP contribution in [0.3, 0.4) is 0 Å². The van der Waals surface area contributed by atoms with E-state index in [2.05, 4.69) is 31.0 Å². The van der Waals surface area contributed by atoms with Crippen LogP contribution in [0, 0.1) is 0 Å². The van der Waals surface area contributed by atoms with Crippen LogP contribution in [0.25, 0.3) is 10.9 Å². The largest absolute Gasteiger partial charge is 0.289 e. The Morgan fingerprint density at radius 3 is 3.00 bits per heavy atom. The van der Waals surface area contributed by atoms with Gasteiger partial charge in [0.1, 0.15) is 12.9 Å². The lowest BCUT2D eigenvalue weighted by atomic mass is 10.2. The zero-order valence-electron chi connectivity index (χ0n) is 12.6. The summed E-state index contributed by atoms with van der Waals surface area (Å²) in [7, 11) is 0. The third-order valence-electron chi connectivity index (χ3n) is 3.98. The number of amides is 1. The molecule has 9 heteroatoms. The fourth-order valence-electron chi connectivity index (χ4n) is 2.81. The lowest BCUT2D eigenvalue weighted by molar-refractivity contribution is -0.119. The third kappa shape index (κ3) is 2.50. The predicted molar refractivity (Wildman–Crippen MR) is 90.7 cm³/mol. The Labute approximate surface area is 144 Å². The highest BCUT2D eigenvalue weighted by molar-refractivity contribution is 9.10. The van der Waals surface area contributed by atoms with Crippen molar-refractivity contribution in [2.24, 2.45) is 0 Å². The monoisotopic (exact) mass is 388 g/mol. The van der Waals surface area contributed by atoms with Crippen LogP contribution in [0.4, 0.5) is 5.95 Å². The quantitative estimate of drug-likeness (QED) is 0.657. The molecule has 1 aliphatic rings. The Hall–Kier alpha value is -2.55. The van der Waals surface area contributed by atoms with E-state index in [1.165, 1.54) is 17.2 Å². The minimum atomic E-state index is -0.242. The first-order chi connectivity index (χ1) is 11.6. The summed E-state index contributed by atoms with van der Waals surface area (Å²) in [6.45, 7) is 1.23. The summed E-state index contributed by atoms with van der Waals surface area (Å²) < 4.78 is 3.81. The van der Waals surface area contributed by atoms with Gasteiger partial charge in [-0.2, -0.15) is 10.1 Å². The minimum absolute atomic E-state index is 0.0822. The molecule has 0 atom stereocenters. The highest BCUT2D eigenvalue weighted by Crippen LogP contribution is 2.17. The van der Waals surface area contributed by atoms with Crippen molar-refractivity contribution in [3.8, 4) is 0 Å². The Morgan fingerprint density at radius 1 is 1.25 bits per heavy atom. The molecule has 3 heterocycles. The zero-order chi connectivity index (χ0) is 16.7. The number of hydrogen-bond donors (Lipinski definition) is 0. The first-order valence-corrected chi connectivity index (χ1v) is 8.25. The molecular formula is C15H13BrN6O2. The molecule has 0 saturated heterocycles. The summed E-state index contributed by atoms with van der Waals surface area (Å²) in [6.07, 6.45) is 3.65. The SMILES string of the molecule is O=C(Cn1cnc2ccc(Br)cc2c1=O)N1CCCn2ncnc21. The third-order valence-corrected chi connectivity index (χ3v) is 4.47. The summed E-state index contributed by atoms with van der Waals surface area (Å²) in [5.74, 6) is 0.318.